The molecule has 1 atom stereocenters. The van der Waals surface area contributed by atoms with Crippen LogP contribution in [0.5, 0.6) is 0 Å². The summed E-state index contributed by atoms with van der Waals surface area (Å²) in [7, 11) is 2.13. The molecule has 3 rings (SSSR count). The molecule has 0 spiro atoms. The van der Waals surface area contributed by atoms with E-state index in [-0.39, 0.29) is 0 Å². The van der Waals surface area contributed by atoms with E-state index < -0.39 is 0 Å². The van der Waals surface area contributed by atoms with Crippen LogP contribution in [0.4, 0.5) is 0 Å². The van der Waals surface area contributed by atoms with Crippen molar-refractivity contribution >= 4 is 23.6 Å². The first-order chi connectivity index (χ1) is 10.7. The monoisotopic (exact) mass is 332 g/mol. The molecule has 22 heavy (non-hydrogen) atoms. The van der Waals surface area contributed by atoms with E-state index in [4.69, 9.17) is 16.6 Å². The lowest BCUT2D eigenvalue weighted by Gasteiger charge is -2.11. The third-order valence-electron chi connectivity index (χ3n) is 3.35. The number of hydrogen-bond donors (Lipinski definition) is 1. The lowest BCUT2D eigenvalue weighted by molar-refractivity contribution is -0.917. The zero-order chi connectivity index (χ0) is 15.4. The molecule has 0 fully saturated rings. The molecular weight excluding hydrogens is 314 g/mol. The Balaban J connectivity index is 1.66. The number of aromatic nitrogens is 2. The Morgan fingerprint density at radius 1 is 1.23 bits per heavy atom. The lowest BCUT2D eigenvalue weighted by atomic mass is 10.2. The largest absolute Gasteiger partial charge is 0.413 e. The predicted octanol–water partition coefficient (Wildman–Crippen LogP) is 2.53. The predicted molar refractivity (Wildman–Crippen MR) is 89.5 cm³/mol. The van der Waals surface area contributed by atoms with Crippen LogP contribution in [0, 0.1) is 4.84 Å². The van der Waals surface area contributed by atoms with Gasteiger partial charge in [-0.3, -0.25) is 0 Å². The Bertz CT molecular complexity index is 762. The Morgan fingerprint density at radius 3 is 2.77 bits per heavy atom. The number of nitrogens with one attached hydrogen (secondary N) is 1. The average molecular weight is 332 g/mol. The number of hydrogen-bond acceptors (Lipinski definition) is 4. The van der Waals surface area contributed by atoms with Gasteiger partial charge in [0.25, 0.3) is 4.84 Å². The number of quaternary nitrogens is 1. The lowest BCUT2D eigenvalue weighted by Crippen LogP contribution is -3.06. The van der Waals surface area contributed by atoms with Crippen molar-refractivity contribution in [1.29, 1.82) is 0 Å². The maximum absolute atomic E-state index is 5.61. The zero-order valence-corrected chi connectivity index (χ0v) is 14.0. The number of nitrogens with zero attached hydrogens (tertiary/aromatic N) is 2. The molecule has 0 amide bonds. The highest BCUT2D eigenvalue weighted by Gasteiger charge is 2.11. The highest BCUT2D eigenvalue weighted by Crippen LogP contribution is 2.08. The van der Waals surface area contributed by atoms with Crippen molar-refractivity contribution in [3.05, 3.63) is 69.0 Å². The van der Waals surface area contributed by atoms with Crippen molar-refractivity contribution in [3.8, 4) is 0 Å². The van der Waals surface area contributed by atoms with Gasteiger partial charge in [-0.05, 0) is 34.6 Å². The fourth-order valence-electron chi connectivity index (χ4n) is 2.34. The van der Waals surface area contributed by atoms with Gasteiger partial charge in [0.2, 0.25) is 5.89 Å². The number of benzene rings is 1. The quantitative estimate of drug-likeness (QED) is 0.705. The van der Waals surface area contributed by atoms with Crippen LogP contribution in [0.3, 0.4) is 0 Å². The van der Waals surface area contributed by atoms with Gasteiger partial charge in [0.15, 0.2) is 6.67 Å². The van der Waals surface area contributed by atoms with Crippen LogP contribution in [0.25, 0.3) is 0 Å². The van der Waals surface area contributed by atoms with Crippen LogP contribution in [-0.2, 0) is 19.6 Å². The molecule has 3 aromatic rings. The van der Waals surface area contributed by atoms with Gasteiger partial charge < -0.3 is 9.32 Å². The second-order valence-corrected chi connectivity index (χ2v) is 6.48. The second-order valence-electron chi connectivity index (χ2n) is 5.35. The summed E-state index contributed by atoms with van der Waals surface area (Å²) in [6.45, 7) is 1.65. The maximum Gasteiger partial charge on any atom is 0.291 e. The summed E-state index contributed by atoms with van der Waals surface area (Å²) in [6, 6.07) is 12.3. The fourth-order valence-corrected chi connectivity index (χ4v) is 3.21. The molecule has 0 aliphatic carbocycles. The van der Waals surface area contributed by atoms with E-state index in [2.05, 4.69) is 41.1 Å². The molecule has 2 aromatic heterocycles. The van der Waals surface area contributed by atoms with Gasteiger partial charge in [-0.15, -0.1) is 5.10 Å². The van der Waals surface area contributed by atoms with E-state index in [0.717, 1.165) is 6.54 Å². The summed E-state index contributed by atoms with van der Waals surface area (Å²) < 4.78 is 7.38. The minimum absolute atomic E-state index is 0.440. The summed E-state index contributed by atoms with van der Waals surface area (Å²) in [4.78, 5) is 1.75. The van der Waals surface area contributed by atoms with Gasteiger partial charge >= 0.3 is 0 Å². The summed E-state index contributed by atoms with van der Waals surface area (Å²) in [5.74, 6) is 0.666. The van der Waals surface area contributed by atoms with E-state index in [1.807, 2.05) is 18.2 Å². The maximum atomic E-state index is 5.61. The smallest absolute Gasteiger partial charge is 0.291 e. The summed E-state index contributed by atoms with van der Waals surface area (Å²) >= 11 is 7.00. The molecule has 0 bridgehead atoms. The molecule has 1 unspecified atom stereocenters. The molecule has 0 radical (unpaired) electrons. The first kappa shape index (κ1) is 15.1. The molecule has 0 aliphatic heterocycles. The van der Waals surface area contributed by atoms with Gasteiger partial charge in [-0.1, -0.05) is 30.3 Å². The standard InChI is InChI=1S/C16H17N3OS2/c1-18(10-14-7-8-22-11-14)12-19-16(21)20-15(17-19)9-13-5-3-2-4-6-13/h2-8,11H,9-10,12H2,1H3/p+1. The summed E-state index contributed by atoms with van der Waals surface area (Å²) in [5.41, 5.74) is 2.51. The van der Waals surface area contributed by atoms with Crippen LogP contribution in [0.15, 0.2) is 51.6 Å². The third kappa shape index (κ3) is 3.91. The molecule has 6 heteroatoms. The number of rotatable bonds is 6. The van der Waals surface area contributed by atoms with Crippen LogP contribution in [-0.4, -0.2) is 16.8 Å². The van der Waals surface area contributed by atoms with Crippen LogP contribution in [0.1, 0.15) is 17.0 Å². The van der Waals surface area contributed by atoms with Crippen molar-refractivity contribution in [2.75, 3.05) is 7.05 Å². The average Bonchev–Trinajstić information content (AvgIpc) is 3.11. The van der Waals surface area contributed by atoms with E-state index >= 15 is 0 Å². The Labute approximate surface area is 138 Å². The van der Waals surface area contributed by atoms with E-state index in [9.17, 15) is 0 Å². The Kier molecular flexibility index (Phi) is 4.82. The molecule has 4 nitrogen and oxygen atoms in total. The van der Waals surface area contributed by atoms with Gasteiger partial charge in [0, 0.05) is 5.56 Å². The van der Waals surface area contributed by atoms with Gasteiger partial charge in [0.1, 0.15) is 6.54 Å². The van der Waals surface area contributed by atoms with Crippen molar-refractivity contribution in [2.24, 2.45) is 0 Å². The second kappa shape index (κ2) is 7.00. The minimum atomic E-state index is 0.440. The molecule has 0 saturated carbocycles. The van der Waals surface area contributed by atoms with Crippen molar-refractivity contribution in [2.45, 2.75) is 19.6 Å². The first-order valence-corrected chi connectivity index (χ1v) is 8.49. The highest BCUT2D eigenvalue weighted by atomic mass is 32.1. The van der Waals surface area contributed by atoms with Gasteiger partial charge in [-0.25, -0.2) is 0 Å². The molecule has 0 aliphatic rings. The first-order valence-electron chi connectivity index (χ1n) is 7.14. The molecule has 114 valence electrons. The SMILES string of the molecule is C[NH+](Cc1ccsc1)Cn1nc(Cc2ccccc2)oc1=S. The molecule has 1 aromatic carbocycles. The summed E-state index contributed by atoms with van der Waals surface area (Å²) in [5, 5.41) is 8.77. The van der Waals surface area contributed by atoms with Crippen molar-refractivity contribution in [1.82, 2.24) is 9.78 Å². The minimum Gasteiger partial charge on any atom is -0.413 e. The molecule has 1 N–H and O–H groups in total. The molecule has 0 saturated heterocycles. The zero-order valence-electron chi connectivity index (χ0n) is 12.4. The van der Waals surface area contributed by atoms with E-state index in [1.54, 1.807) is 16.0 Å². The molecule has 2 heterocycles. The van der Waals surface area contributed by atoms with Crippen molar-refractivity contribution < 1.29 is 9.32 Å². The Hall–Kier alpha value is -1.76. The Morgan fingerprint density at radius 2 is 2.05 bits per heavy atom. The normalized spacial score (nSPS) is 12.4. The van der Waals surface area contributed by atoms with Gasteiger partial charge in [0.05, 0.1) is 13.5 Å². The molecular formula is C16H18N3OS2+. The van der Waals surface area contributed by atoms with Gasteiger partial charge in [-0.2, -0.15) is 16.0 Å². The fraction of sp³-hybridized carbons (Fsp3) is 0.250. The summed E-state index contributed by atoms with van der Waals surface area (Å²) in [6.07, 6.45) is 0.668. The van der Waals surface area contributed by atoms with Crippen LogP contribution >= 0.6 is 23.6 Å². The highest BCUT2D eigenvalue weighted by molar-refractivity contribution is 7.71. The van der Waals surface area contributed by atoms with Crippen molar-refractivity contribution in [3.63, 3.8) is 0 Å². The third-order valence-corrected chi connectivity index (χ3v) is 4.38. The number of thiophene rings is 1. The van der Waals surface area contributed by atoms with Crippen LogP contribution < -0.4 is 4.90 Å². The van der Waals surface area contributed by atoms with E-state index in [1.165, 1.54) is 16.0 Å². The van der Waals surface area contributed by atoms with Crippen LogP contribution in [0.2, 0.25) is 0 Å². The topological polar surface area (TPSA) is 35.4 Å². The van der Waals surface area contributed by atoms with E-state index in [0.29, 0.717) is 23.8 Å².